The Kier molecular flexibility index (Phi) is 6.47. The number of ether oxygens (including phenoxy) is 1. The van der Waals surface area contributed by atoms with Crippen LogP contribution in [0.1, 0.15) is 19.4 Å². The lowest BCUT2D eigenvalue weighted by Gasteiger charge is -2.08. The van der Waals surface area contributed by atoms with Crippen LogP contribution in [0.15, 0.2) is 24.3 Å². The van der Waals surface area contributed by atoms with Gasteiger partial charge >= 0.3 is 0 Å². The van der Waals surface area contributed by atoms with Gasteiger partial charge in [0.05, 0.1) is 18.9 Å². The van der Waals surface area contributed by atoms with Gasteiger partial charge in [0.25, 0.3) is 0 Å². The molecule has 0 saturated heterocycles. The predicted molar refractivity (Wildman–Crippen MR) is 76.9 cm³/mol. The maximum Gasteiger partial charge on any atom is 0.235 e. The number of carbonyl (C=O) groups excluding carboxylic acids is 1. The van der Waals surface area contributed by atoms with Crippen molar-refractivity contribution in [2.45, 2.75) is 19.6 Å². The fourth-order valence-electron chi connectivity index (χ4n) is 1.55. The molecule has 1 rings (SSSR count). The fourth-order valence-corrected chi connectivity index (χ4v) is 2.64. The maximum atomic E-state index is 11.8. The number of sulfonamides is 1. The molecular weight excluding hydrogens is 280 g/mol. The van der Waals surface area contributed by atoms with E-state index in [-0.39, 0.29) is 18.2 Å². The Balaban J connectivity index is 2.55. The van der Waals surface area contributed by atoms with E-state index in [0.29, 0.717) is 24.5 Å². The number of nitrogens with one attached hydrogen (secondary N) is 2. The molecule has 0 aliphatic carbocycles. The number of hydrogen-bond donors (Lipinski definition) is 2. The molecule has 0 bridgehead atoms. The van der Waals surface area contributed by atoms with E-state index in [1.54, 1.807) is 31.2 Å². The van der Waals surface area contributed by atoms with E-state index in [4.69, 9.17) is 4.74 Å². The second kappa shape index (κ2) is 7.86. The molecule has 0 aliphatic rings. The van der Waals surface area contributed by atoms with Gasteiger partial charge in [-0.2, -0.15) is 0 Å². The lowest BCUT2D eigenvalue weighted by atomic mass is 10.2. The average molecular weight is 300 g/mol. The Bertz CT molecular complexity index is 526. The van der Waals surface area contributed by atoms with Crippen molar-refractivity contribution in [3.8, 4) is 5.75 Å². The zero-order valence-corrected chi connectivity index (χ0v) is 12.5. The van der Waals surface area contributed by atoms with Crippen molar-refractivity contribution < 1.29 is 17.9 Å². The number of hydrogen-bond acceptors (Lipinski definition) is 4. The molecule has 0 aliphatic heterocycles. The molecule has 6 nitrogen and oxygen atoms in total. The van der Waals surface area contributed by atoms with Crippen LogP contribution in [-0.4, -0.2) is 34.0 Å². The van der Waals surface area contributed by atoms with Crippen LogP contribution >= 0.6 is 0 Å². The highest BCUT2D eigenvalue weighted by Crippen LogP contribution is 2.13. The van der Waals surface area contributed by atoms with Gasteiger partial charge in [0.2, 0.25) is 15.9 Å². The predicted octanol–water partition coefficient (Wildman–Crippen LogP) is 0.641. The second-order valence-corrected chi connectivity index (χ2v) is 5.92. The zero-order valence-electron chi connectivity index (χ0n) is 11.7. The van der Waals surface area contributed by atoms with E-state index in [0.717, 1.165) is 0 Å². The molecule has 0 aromatic heterocycles. The van der Waals surface area contributed by atoms with Gasteiger partial charge in [-0.3, -0.25) is 4.79 Å². The van der Waals surface area contributed by atoms with Crippen molar-refractivity contribution >= 4 is 15.9 Å². The van der Waals surface area contributed by atoms with Gasteiger partial charge in [-0.1, -0.05) is 12.1 Å². The van der Waals surface area contributed by atoms with Gasteiger partial charge in [0.15, 0.2) is 0 Å². The van der Waals surface area contributed by atoms with E-state index >= 15 is 0 Å². The van der Waals surface area contributed by atoms with Crippen LogP contribution in [0.25, 0.3) is 0 Å². The molecule has 2 N–H and O–H groups in total. The van der Waals surface area contributed by atoms with Gasteiger partial charge < -0.3 is 10.1 Å². The highest BCUT2D eigenvalue weighted by Gasteiger charge is 2.13. The zero-order chi connectivity index (χ0) is 15.0. The lowest BCUT2D eigenvalue weighted by Crippen LogP contribution is -2.37. The quantitative estimate of drug-likeness (QED) is 0.738. The van der Waals surface area contributed by atoms with Crippen molar-refractivity contribution in [3.05, 3.63) is 29.8 Å². The van der Waals surface area contributed by atoms with Crippen LogP contribution in [0.3, 0.4) is 0 Å². The van der Waals surface area contributed by atoms with E-state index in [1.807, 2.05) is 6.92 Å². The molecule has 0 saturated carbocycles. The third kappa shape index (κ3) is 6.03. The van der Waals surface area contributed by atoms with Crippen LogP contribution in [0.2, 0.25) is 0 Å². The number of likely N-dealkylation sites (N-methyl/N-ethyl adjacent to an activating group) is 1. The monoisotopic (exact) mass is 300 g/mol. The number of rotatable bonds is 8. The Hall–Kier alpha value is -1.60. The summed E-state index contributed by atoms with van der Waals surface area (Å²) in [5.41, 5.74) is 0.636. The Morgan fingerprint density at radius 2 is 1.85 bits per heavy atom. The summed E-state index contributed by atoms with van der Waals surface area (Å²) in [6.07, 6.45) is 0. The summed E-state index contributed by atoms with van der Waals surface area (Å²) in [7, 11) is -3.52. The van der Waals surface area contributed by atoms with E-state index in [1.165, 1.54) is 0 Å². The van der Waals surface area contributed by atoms with Gasteiger partial charge in [-0.05, 0) is 31.5 Å². The molecule has 0 radical (unpaired) electrons. The molecule has 1 amide bonds. The third-order valence-electron chi connectivity index (χ3n) is 2.42. The average Bonchev–Trinajstić information content (AvgIpc) is 2.39. The van der Waals surface area contributed by atoms with Crippen molar-refractivity contribution in [1.29, 1.82) is 0 Å². The van der Waals surface area contributed by atoms with Crippen LogP contribution in [0, 0.1) is 0 Å². The van der Waals surface area contributed by atoms with Crippen LogP contribution in [0.4, 0.5) is 0 Å². The van der Waals surface area contributed by atoms with Crippen LogP contribution < -0.4 is 14.8 Å². The minimum atomic E-state index is -3.52. The summed E-state index contributed by atoms with van der Waals surface area (Å²) in [5.74, 6) is 0.186. The van der Waals surface area contributed by atoms with Gasteiger partial charge in [-0.25, -0.2) is 13.1 Å². The van der Waals surface area contributed by atoms with E-state index in [2.05, 4.69) is 10.0 Å². The molecule has 7 heteroatoms. The smallest absolute Gasteiger partial charge is 0.235 e. The first-order chi connectivity index (χ1) is 9.46. The second-order valence-electron chi connectivity index (χ2n) is 4.11. The highest BCUT2D eigenvalue weighted by atomic mass is 32.2. The summed E-state index contributed by atoms with van der Waals surface area (Å²) in [4.78, 5) is 11.2. The van der Waals surface area contributed by atoms with Crippen molar-refractivity contribution in [1.82, 2.24) is 10.0 Å². The molecule has 0 atom stereocenters. The summed E-state index contributed by atoms with van der Waals surface area (Å²) in [6.45, 7) is 4.44. The van der Waals surface area contributed by atoms with Crippen molar-refractivity contribution in [2.75, 3.05) is 19.7 Å². The molecule has 0 spiro atoms. The fraction of sp³-hybridized carbons (Fsp3) is 0.462. The Morgan fingerprint density at radius 3 is 2.40 bits per heavy atom. The summed E-state index contributed by atoms with van der Waals surface area (Å²) in [5, 5.41) is 2.52. The number of benzene rings is 1. The van der Waals surface area contributed by atoms with Gasteiger partial charge in [-0.15, -0.1) is 0 Å². The topological polar surface area (TPSA) is 84.5 Å². The maximum absolute atomic E-state index is 11.8. The van der Waals surface area contributed by atoms with E-state index in [9.17, 15) is 13.2 Å². The largest absolute Gasteiger partial charge is 0.494 e. The molecular formula is C13H20N2O4S. The van der Waals surface area contributed by atoms with Crippen molar-refractivity contribution in [3.63, 3.8) is 0 Å². The summed E-state index contributed by atoms with van der Waals surface area (Å²) >= 11 is 0. The minimum Gasteiger partial charge on any atom is -0.494 e. The molecule has 1 aromatic rings. The SMILES string of the molecule is CCNC(=O)CNS(=O)(=O)Cc1ccc(OCC)cc1. The first kappa shape index (κ1) is 16.5. The van der Waals surface area contributed by atoms with Crippen molar-refractivity contribution in [2.24, 2.45) is 0 Å². The molecule has 1 aromatic carbocycles. The van der Waals surface area contributed by atoms with Gasteiger partial charge in [0, 0.05) is 6.54 Å². The summed E-state index contributed by atoms with van der Waals surface area (Å²) in [6, 6.07) is 6.82. The third-order valence-corrected chi connectivity index (χ3v) is 3.72. The molecule has 112 valence electrons. The first-order valence-electron chi connectivity index (χ1n) is 6.42. The van der Waals surface area contributed by atoms with E-state index < -0.39 is 10.0 Å². The van der Waals surface area contributed by atoms with Crippen LogP contribution in [0.5, 0.6) is 5.75 Å². The highest BCUT2D eigenvalue weighted by molar-refractivity contribution is 7.88. The normalized spacial score (nSPS) is 11.1. The van der Waals surface area contributed by atoms with Gasteiger partial charge in [0.1, 0.15) is 5.75 Å². The molecule has 0 fully saturated rings. The summed E-state index contributed by atoms with van der Waals surface area (Å²) < 4.78 is 31.1. The standard InChI is InChI=1S/C13H20N2O4S/c1-3-14-13(16)9-15-20(17,18)10-11-5-7-12(8-6-11)19-4-2/h5-8,15H,3-4,9-10H2,1-2H3,(H,14,16). The number of carbonyl (C=O) groups is 1. The first-order valence-corrected chi connectivity index (χ1v) is 8.08. The Labute approximate surface area is 119 Å². The molecule has 0 heterocycles. The Morgan fingerprint density at radius 1 is 1.20 bits per heavy atom. The molecule has 0 unspecified atom stereocenters. The number of amides is 1. The van der Waals surface area contributed by atoms with Crippen LogP contribution in [-0.2, 0) is 20.6 Å². The molecule has 20 heavy (non-hydrogen) atoms. The lowest BCUT2D eigenvalue weighted by molar-refractivity contribution is -0.119. The minimum absolute atomic E-state index is 0.168.